The van der Waals surface area contributed by atoms with Crippen LogP contribution in [0.15, 0.2) is 40.0 Å². The normalized spacial score (nSPS) is 11.3. The Hall–Kier alpha value is -1.61. The van der Waals surface area contributed by atoms with Gasteiger partial charge in [0.05, 0.1) is 5.56 Å². The maximum absolute atomic E-state index is 12.5. The molecule has 2 aromatic heterocycles. The highest BCUT2D eigenvalue weighted by atomic mass is 79.9. The second kappa shape index (κ2) is 7.31. The van der Waals surface area contributed by atoms with Crippen LogP contribution < -0.4 is 5.32 Å². The fourth-order valence-electron chi connectivity index (χ4n) is 1.67. The van der Waals surface area contributed by atoms with E-state index in [0.717, 1.165) is 22.4 Å². The summed E-state index contributed by atoms with van der Waals surface area (Å²) in [5, 5.41) is 2.45. The predicted octanol–water partition coefficient (Wildman–Crippen LogP) is 4.62. The highest BCUT2D eigenvalue weighted by Gasteiger charge is 2.30. The Balaban J connectivity index is 2.19. The molecule has 0 aliphatic heterocycles. The van der Waals surface area contributed by atoms with E-state index in [-0.39, 0.29) is 11.5 Å². The fourth-order valence-corrected chi connectivity index (χ4v) is 2.95. The second-order valence-corrected chi connectivity index (χ2v) is 6.54. The maximum Gasteiger partial charge on any atom is 0.417 e. The first-order chi connectivity index (χ1) is 10.8. The molecule has 0 atom stereocenters. The summed E-state index contributed by atoms with van der Waals surface area (Å²) in [6, 6.07) is 3.72. The van der Waals surface area contributed by atoms with Crippen LogP contribution in [0.2, 0.25) is 0 Å². The van der Waals surface area contributed by atoms with Gasteiger partial charge in [0.25, 0.3) is 5.91 Å². The van der Waals surface area contributed by atoms with E-state index in [4.69, 9.17) is 0 Å². The van der Waals surface area contributed by atoms with Crippen molar-refractivity contribution in [3.05, 3.63) is 46.3 Å². The van der Waals surface area contributed by atoms with Gasteiger partial charge in [0.2, 0.25) is 0 Å². The number of nitrogens with zero attached hydrogens (tertiary/aromatic N) is 2. The second-order valence-electron chi connectivity index (χ2n) is 4.32. The minimum atomic E-state index is -4.46. The number of thioether (sulfide) groups is 1. The molecule has 0 unspecified atom stereocenters. The van der Waals surface area contributed by atoms with Crippen molar-refractivity contribution < 1.29 is 18.0 Å². The number of carbonyl (C=O) groups is 1. The molecular formula is C14H11BrF3N3OS. The van der Waals surface area contributed by atoms with Gasteiger partial charge in [-0.05, 0) is 39.9 Å². The van der Waals surface area contributed by atoms with E-state index >= 15 is 0 Å². The molecule has 2 rings (SSSR count). The van der Waals surface area contributed by atoms with E-state index in [1.165, 1.54) is 18.0 Å². The minimum Gasteiger partial charge on any atom is -0.305 e. The third-order valence-corrected chi connectivity index (χ3v) is 4.01. The average molecular weight is 406 g/mol. The van der Waals surface area contributed by atoms with Gasteiger partial charge in [0.15, 0.2) is 0 Å². The highest BCUT2D eigenvalue weighted by molar-refractivity contribution is 9.10. The molecule has 122 valence electrons. The van der Waals surface area contributed by atoms with Crippen molar-refractivity contribution in [1.82, 2.24) is 9.97 Å². The molecule has 0 spiro atoms. The van der Waals surface area contributed by atoms with E-state index in [1.807, 2.05) is 6.92 Å². The number of halogens is 4. The molecule has 1 amide bonds. The highest BCUT2D eigenvalue weighted by Crippen LogP contribution is 2.29. The number of hydrogen-bond donors (Lipinski definition) is 1. The Morgan fingerprint density at radius 1 is 1.30 bits per heavy atom. The van der Waals surface area contributed by atoms with E-state index in [0.29, 0.717) is 11.1 Å². The van der Waals surface area contributed by atoms with Crippen molar-refractivity contribution in [1.29, 1.82) is 0 Å². The van der Waals surface area contributed by atoms with Crippen LogP contribution in [0.3, 0.4) is 0 Å². The van der Waals surface area contributed by atoms with Gasteiger partial charge in [0.1, 0.15) is 11.5 Å². The number of carbonyl (C=O) groups excluding carboxylic acids is 1. The number of nitrogens with one attached hydrogen (secondary N) is 1. The van der Waals surface area contributed by atoms with E-state index in [9.17, 15) is 18.0 Å². The number of alkyl halides is 3. The summed E-state index contributed by atoms with van der Waals surface area (Å²) in [6.45, 7) is 1.94. The summed E-state index contributed by atoms with van der Waals surface area (Å²) >= 11 is 4.72. The minimum absolute atomic E-state index is 0.0279. The molecule has 0 saturated carbocycles. The molecule has 1 N–H and O–H groups in total. The van der Waals surface area contributed by atoms with Gasteiger partial charge in [-0.25, -0.2) is 9.97 Å². The molecule has 0 aliphatic rings. The van der Waals surface area contributed by atoms with Gasteiger partial charge in [-0.1, -0.05) is 6.92 Å². The van der Waals surface area contributed by atoms with Gasteiger partial charge in [-0.3, -0.25) is 4.79 Å². The van der Waals surface area contributed by atoms with Gasteiger partial charge in [-0.2, -0.15) is 13.2 Å². The Morgan fingerprint density at radius 3 is 2.61 bits per heavy atom. The lowest BCUT2D eigenvalue weighted by molar-refractivity contribution is -0.137. The molecule has 9 heteroatoms. The fraction of sp³-hybridized carbons (Fsp3) is 0.214. The molecule has 0 saturated heterocycles. The number of anilines is 1. The Labute approximate surface area is 143 Å². The molecule has 2 aromatic rings. The van der Waals surface area contributed by atoms with Gasteiger partial charge in [0, 0.05) is 21.8 Å². The third-order valence-electron chi connectivity index (χ3n) is 2.67. The van der Waals surface area contributed by atoms with Crippen molar-refractivity contribution in [3.8, 4) is 0 Å². The monoisotopic (exact) mass is 405 g/mol. The molecule has 0 radical (unpaired) electrons. The van der Waals surface area contributed by atoms with E-state index in [1.54, 1.807) is 6.07 Å². The molecule has 0 aliphatic carbocycles. The van der Waals surface area contributed by atoms with Crippen LogP contribution in [0.5, 0.6) is 0 Å². The van der Waals surface area contributed by atoms with Gasteiger partial charge in [-0.15, -0.1) is 11.8 Å². The molecule has 0 aromatic carbocycles. The summed E-state index contributed by atoms with van der Waals surface area (Å²) in [6.07, 6.45) is -2.31. The van der Waals surface area contributed by atoms with Crippen molar-refractivity contribution >= 4 is 39.4 Å². The first kappa shape index (κ1) is 17.7. The summed E-state index contributed by atoms with van der Waals surface area (Å²) in [5.74, 6) is 0.248. The predicted molar refractivity (Wildman–Crippen MR) is 85.5 cm³/mol. The topological polar surface area (TPSA) is 54.9 Å². The number of pyridine rings is 2. The van der Waals surface area contributed by atoms with Crippen LogP contribution in [0.25, 0.3) is 0 Å². The van der Waals surface area contributed by atoms with Crippen LogP contribution in [0.1, 0.15) is 23.0 Å². The lowest BCUT2D eigenvalue weighted by atomic mass is 10.2. The zero-order chi connectivity index (χ0) is 17.0. The van der Waals surface area contributed by atoms with Crippen molar-refractivity contribution in [2.45, 2.75) is 18.0 Å². The van der Waals surface area contributed by atoms with Crippen LogP contribution in [-0.4, -0.2) is 21.6 Å². The molecular weight excluding hydrogens is 395 g/mol. The number of aromatic nitrogens is 2. The first-order valence-electron chi connectivity index (χ1n) is 6.44. The summed E-state index contributed by atoms with van der Waals surface area (Å²) in [7, 11) is 0. The molecule has 0 fully saturated rings. The SMILES string of the molecule is CCSc1cc(Br)cnc1C(=O)Nc1ccc(C(F)(F)F)cn1. The van der Waals surface area contributed by atoms with Crippen LogP contribution in [-0.2, 0) is 6.18 Å². The summed E-state index contributed by atoms with van der Waals surface area (Å²) < 4.78 is 38.2. The quantitative estimate of drug-likeness (QED) is 0.753. The smallest absolute Gasteiger partial charge is 0.305 e. The van der Waals surface area contributed by atoms with Crippen molar-refractivity contribution in [3.63, 3.8) is 0 Å². The third kappa shape index (κ3) is 4.68. The Kier molecular flexibility index (Phi) is 5.64. The van der Waals surface area contributed by atoms with E-state index < -0.39 is 17.6 Å². The van der Waals surface area contributed by atoms with Crippen LogP contribution in [0, 0.1) is 0 Å². The molecule has 4 nitrogen and oxygen atoms in total. The van der Waals surface area contributed by atoms with Gasteiger partial charge < -0.3 is 5.32 Å². The zero-order valence-corrected chi connectivity index (χ0v) is 14.2. The Morgan fingerprint density at radius 2 is 2.04 bits per heavy atom. The zero-order valence-electron chi connectivity index (χ0n) is 11.8. The molecule has 2 heterocycles. The number of hydrogen-bond acceptors (Lipinski definition) is 4. The number of rotatable bonds is 4. The molecule has 23 heavy (non-hydrogen) atoms. The van der Waals surface area contributed by atoms with Crippen molar-refractivity contribution in [2.24, 2.45) is 0 Å². The standard InChI is InChI=1S/C14H11BrF3N3OS/c1-2-23-10-5-9(15)7-20-12(10)13(22)21-11-4-3-8(6-19-11)14(16,17)18/h3-7H,2H2,1H3,(H,19,21,22). The first-order valence-corrected chi connectivity index (χ1v) is 8.22. The number of amides is 1. The van der Waals surface area contributed by atoms with Crippen LogP contribution >= 0.6 is 27.7 Å². The molecule has 0 bridgehead atoms. The van der Waals surface area contributed by atoms with Gasteiger partial charge >= 0.3 is 6.18 Å². The largest absolute Gasteiger partial charge is 0.417 e. The summed E-state index contributed by atoms with van der Waals surface area (Å²) in [5.41, 5.74) is -0.679. The average Bonchev–Trinajstić information content (AvgIpc) is 2.47. The van der Waals surface area contributed by atoms with Crippen LogP contribution in [0.4, 0.5) is 19.0 Å². The lowest BCUT2D eigenvalue weighted by Gasteiger charge is -2.10. The summed E-state index contributed by atoms with van der Waals surface area (Å²) in [4.78, 5) is 20.6. The van der Waals surface area contributed by atoms with Crippen molar-refractivity contribution in [2.75, 3.05) is 11.1 Å². The van der Waals surface area contributed by atoms with E-state index in [2.05, 4.69) is 31.2 Å². The Bertz CT molecular complexity index is 707. The lowest BCUT2D eigenvalue weighted by Crippen LogP contribution is -2.16. The maximum atomic E-state index is 12.5.